The third-order valence-corrected chi connectivity index (χ3v) is 2.68. The molecular formula is C13H21N2O3+. The first-order valence-electron chi connectivity index (χ1n) is 5.77. The van der Waals surface area contributed by atoms with Gasteiger partial charge in [-0.15, -0.1) is 0 Å². The van der Waals surface area contributed by atoms with E-state index in [1.165, 1.54) is 0 Å². The van der Waals surface area contributed by atoms with Gasteiger partial charge in [0.05, 0.1) is 21.1 Å². The third kappa shape index (κ3) is 4.01. The molecule has 0 fully saturated rings. The molecule has 0 aliphatic rings. The van der Waals surface area contributed by atoms with Crippen LogP contribution in [0.2, 0.25) is 0 Å². The van der Waals surface area contributed by atoms with E-state index in [0.717, 1.165) is 0 Å². The monoisotopic (exact) mass is 253 g/mol. The van der Waals surface area contributed by atoms with E-state index in [-0.39, 0.29) is 0 Å². The predicted octanol–water partition coefficient (Wildman–Crippen LogP) is 0.504. The molecule has 100 valence electrons. The molecular weight excluding hydrogens is 232 g/mol. The Kier molecular flexibility index (Phi) is 4.32. The number of rotatable bonds is 5. The van der Waals surface area contributed by atoms with Crippen molar-refractivity contribution in [3.63, 3.8) is 0 Å². The zero-order chi connectivity index (χ0) is 13.9. The first-order chi connectivity index (χ1) is 8.20. The van der Waals surface area contributed by atoms with Crippen LogP contribution in [0, 0.1) is 0 Å². The largest absolute Gasteiger partial charge is 0.481 e. The number of hydrogen-bond donors (Lipinski definition) is 3. The normalized spacial score (nSPS) is 15.1. The van der Waals surface area contributed by atoms with Crippen molar-refractivity contribution in [1.82, 2.24) is 0 Å². The van der Waals surface area contributed by atoms with Gasteiger partial charge in [-0.05, 0) is 17.7 Å². The van der Waals surface area contributed by atoms with Crippen molar-refractivity contribution in [3.05, 3.63) is 29.8 Å². The molecule has 0 amide bonds. The maximum absolute atomic E-state index is 11.3. The summed E-state index contributed by atoms with van der Waals surface area (Å²) in [5.74, 6) is -1.95. The summed E-state index contributed by atoms with van der Waals surface area (Å²) in [4.78, 5) is 11.3. The summed E-state index contributed by atoms with van der Waals surface area (Å²) in [6, 6.07) is 6.58. The lowest BCUT2D eigenvalue weighted by molar-refractivity contribution is -0.873. The standard InChI is InChI=1S/C13H20N2O3/c1-15(2,3)8-11(16)12(13(17)18)9-4-6-10(14)7-5-9/h4-7,11-12,16H,8,14H2,1-3H3/p+1. The molecule has 0 saturated heterocycles. The van der Waals surface area contributed by atoms with Crippen LogP contribution in [-0.2, 0) is 4.79 Å². The van der Waals surface area contributed by atoms with Crippen LogP contribution in [-0.4, -0.2) is 54.5 Å². The van der Waals surface area contributed by atoms with Crippen LogP contribution in [0.25, 0.3) is 0 Å². The minimum absolute atomic E-state index is 0.362. The van der Waals surface area contributed by atoms with Gasteiger partial charge in [-0.25, -0.2) is 0 Å². The van der Waals surface area contributed by atoms with E-state index >= 15 is 0 Å². The summed E-state index contributed by atoms with van der Waals surface area (Å²) in [6.45, 7) is 0.362. The summed E-state index contributed by atoms with van der Waals surface area (Å²) >= 11 is 0. The Hall–Kier alpha value is -1.59. The molecule has 5 heteroatoms. The number of quaternary nitrogens is 1. The fraction of sp³-hybridized carbons (Fsp3) is 0.462. The van der Waals surface area contributed by atoms with Crippen LogP contribution in [0.1, 0.15) is 11.5 Å². The number of carbonyl (C=O) groups is 1. The lowest BCUT2D eigenvalue weighted by Gasteiger charge is -2.29. The van der Waals surface area contributed by atoms with Gasteiger partial charge in [-0.1, -0.05) is 12.1 Å². The molecule has 0 radical (unpaired) electrons. The van der Waals surface area contributed by atoms with E-state index in [1.54, 1.807) is 24.3 Å². The van der Waals surface area contributed by atoms with Gasteiger partial charge in [0.2, 0.25) is 0 Å². The second kappa shape index (κ2) is 5.37. The van der Waals surface area contributed by atoms with Crippen LogP contribution >= 0.6 is 0 Å². The quantitative estimate of drug-likeness (QED) is 0.527. The third-order valence-electron chi connectivity index (χ3n) is 2.68. The molecule has 4 N–H and O–H groups in total. The molecule has 1 rings (SSSR count). The molecule has 0 spiro atoms. The fourth-order valence-corrected chi connectivity index (χ4v) is 1.90. The summed E-state index contributed by atoms with van der Waals surface area (Å²) < 4.78 is 0.500. The molecule has 0 saturated carbocycles. The summed E-state index contributed by atoms with van der Waals surface area (Å²) in [5, 5.41) is 19.4. The van der Waals surface area contributed by atoms with Crippen molar-refractivity contribution >= 4 is 11.7 Å². The van der Waals surface area contributed by atoms with Crippen molar-refractivity contribution in [1.29, 1.82) is 0 Å². The van der Waals surface area contributed by atoms with Gasteiger partial charge in [0.25, 0.3) is 0 Å². The van der Waals surface area contributed by atoms with Gasteiger partial charge in [0.1, 0.15) is 18.6 Å². The predicted molar refractivity (Wildman–Crippen MR) is 70.1 cm³/mol. The van der Waals surface area contributed by atoms with Crippen molar-refractivity contribution in [3.8, 4) is 0 Å². The number of aliphatic hydroxyl groups is 1. The SMILES string of the molecule is C[N+](C)(C)CC(O)C(C(=O)O)c1ccc(N)cc1. The van der Waals surface area contributed by atoms with Gasteiger partial charge < -0.3 is 20.4 Å². The molecule has 0 aliphatic carbocycles. The Morgan fingerprint density at radius 1 is 1.28 bits per heavy atom. The van der Waals surface area contributed by atoms with Gasteiger partial charge in [-0.2, -0.15) is 0 Å². The zero-order valence-corrected chi connectivity index (χ0v) is 11.0. The van der Waals surface area contributed by atoms with Crippen LogP contribution in [0.4, 0.5) is 5.69 Å². The number of aliphatic carboxylic acids is 1. The molecule has 2 unspecified atom stereocenters. The first kappa shape index (κ1) is 14.5. The molecule has 1 aromatic rings. The molecule has 0 aromatic heterocycles. The van der Waals surface area contributed by atoms with Crippen molar-refractivity contribution in [2.45, 2.75) is 12.0 Å². The van der Waals surface area contributed by atoms with Gasteiger partial charge in [0, 0.05) is 5.69 Å². The zero-order valence-electron chi connectivity index (χ0n) is 11.0. The first-order valence-corrected chi connectivity index (χ1v) is 5.77. The minimum atomic E-state index is -1.03. The van der Waals surface area contributed by atoms with Crippen LogP contribution in [0.5, 0.6) is 0 Å². The second-order valence-electron chi connectivity index (χ2n) is 5.52. The van der Waals surface area contributed by atoms with E-state index in [1.807, 2.05) is 21.1 Å². The molecule has 1 aromatic carbocycles. The lowest BCUT2D eigenvalue weighted by atomic mass is 9.92. The maximum Gasteiger partial charge on any atom is 0.313 e. The number of nitrogens with zero attached hydrogens (tertiary/aromatic N) is 1. The van der Waals surface area contributed by atoms with Gasteiger partial charge >= 0.3 is 5.97 Å². The number of carboxylic acid groups (broad SMARTS) is 1. The Morgan fingerprint density at radius 3 is 2.17 bits per heavy atom. The Bertz CT molecular complexity index is 409. The fourth-order valence-electron chi connectivity index (χ4n) is 1.90. The van der Waals surface area contributed by atoms with E-state index in [0.29, 0.717) is 22.3 Å². The molecule has 0 bridgehead atoms. The maximum atomic E-state index is 11.3. The number of aliphatic hydroxyl groups excluding tert-OH is 1. The number of benzene rings is 1. The van der Waals surface area contributed by atoms with Crippen molar-refractivity contribution in [2.75, 3.05) is 33.4 Å². The van der Waals surface area contributed by atoms with Gasteiger partial charge in [0.15, 0.2) is 0 Å². The number of carboxylic acids is 1. The number of anilines is 1. The molecule has 2 atom stereocenters. The lowest BCUT2D eigenvalue weighted by Crippen LogP contribution is -2.45. The topological polar surface area (TPSA) is 83.5 Å². The number of nitrogens with two attached hydrogens (primary N) is 1. The van der Waals surface area contributed by atoms with Crippen LogP contribution < -0.4 is 5.73 Å². The number of likely N-dealkylation sites (N-methyl/N-ethyl adjacent to an activating group) is 1. The Morgan fingerprint density at radius 2 is 1.78 bits per heavy atom. The highest BCUT2D eigenvalue weighted by molar-refractivity contribution is 5.77. The Balaban J connectivity index is 2.96. The minimum Gasteiger partial charge on any atom is -0.481 e. The van der Waals surface area contributed by atoms with Gasteiger partial charge in [-0.3, -0.25) is 4.79 Å². The van der Waals surface area contributed by atoms with E-state index in [2.05, 4.69) is 0 Å². The Labute approximate surface area is 107 Å². The van der Waals surface area contributed by atoms with Crippen molar-refractivity contribution < 1.29 is 19.5 Å². The highest BCUT2D eigenvalue weighted by atomic mass is 16.4. The molecule has 0 aliphatic heterocycles. The summed E-state index contributed by atoms with van der Waals surface area (Å²) in [7, 11) is 5.72. The molecule has 18 heavy (non-hydrogen) atoms. The van der Waals surface area contributed by atoms with Crippen LogP contribution in [0.3, 0.4) is 0 Å². The van der Waals surface area contributed by atoms with Crippen molar-refractivity contribution in [2.24, 2.45) is 0 Å². The summed E-state index contributed by atoms with van der Waals surface area (Å²) in [6.07, 6.45) is -0.939. The molecule has 5 nitrogen and oxygen atoms in total. The van der Waals surface area contributed by atoms with E-state index < -0.39 is 18.0 Å². The van der Waals surface area contributed by atoms with E-state index in [9.17, 15) is 15.0 Å². The highest BCUT2D eigenvalue weighted by Crippen LogP contribution is 2.22. The average Bonchev–Trinajstić information content (AvgIpc) is 2.18. The number of nitrogen functional groups attached to an aromatic ring is 1. The highest BCUT2D eigenvalue weighted by Gasteiger charge is 2.32. The number of hydrogen-bond acceptors (Lipinski definition) is 3. The average molecular weight is 253 g/mol. The second-order valence-corrected chi connectivity index (χ2v) is 5.52. The van der Waals surface area contributed by atoms with E-state index in [4.69, 9.17) is 5.73 Å². The van der Waals surface area contributed by atoms with Crippen LogP contribution in [0.15, 0.2) is 24.3 Å². The smallest absolute Gasteiger partial charge is 0.313 e. The summed E-state index contributed by atoms with van der Waals surface area (Å²) in [5.41, 5.74) is 6.71. The molecule has 0 heterocycles.